The summed E-state index contributed by atoms with van der Waals surface area (Å²) in [4.78, 5) is 1.46. The van der Waals surface area contributed by atoms with Crippen molar-refractivity contribution in [2.24, 2.45) is 0 Å². The molecule has 3 heteroatoms. The van der Waals surface area contributed by atoms with Crippen LogP contribution in [0.5, 0.6) is 0 Å². The van der Waals surface area contributed by atoms with Crippen molar-refractivity contribution in [1.82, 2.24) is 0 Å². The quantitative estimate of drug-likeness (QED) is 0.433. The van der Waals surface area contributed by atoms with Gasteiger partial charge in [-0.1, -0.05) is 27.7 Å². The van der Waals surface area contributed by atoms with E-state index in [0.29, 0.717) is 0 Å². The maximum absolute atomic E-state index is 2.29. The van der Waals surface area contributed by atoms with Crippen LogP contribution in [0.25, 0.3) is 0 Å². The summed E-state index contributed by atoms with van der Waals surface area (Å²) in [5.41, 5.74) is 0. The van der Waals surface area contributed by atoms with Gasteiger partial charge in [0.1, 0.15) is 0 Å². The molecule has 0 fully saturated rings. The van der Waals surface area contributed by atoms with Crippen molar-refractivity contribution in [3.8, 4) is 0 Å². The summed E-state index contributed by atoms with van der Waals surface area (Å²) >= 11 is 0. The van der Waals surface area contributed by atoms with Crippen LogP contribution in [-0.4, -0.2) is 5.25 Å². The van der Waals surface area contributed by atoms with Crippen molar-refractivity contribution in [3.63, 3.8) is 0 Å². The van der Waals surface area contributed by atoms with Crippen molar-refractivity contribution in [2.45, 2.75) is 19.1 Å². The maximum atomic E-state index is 2.29. The van der Waals surface area contributed by atoms with E-state index in [1.54, 1.807) is 0 Å². The fourth-order valence-corrected chi connectivity index (χ4v) is 2.69. The molecular formula is C5H8S2Zn. The Morgan fingerprint density at radius 2 is 2.25 bits per heavy atom. The van der Waals surface area contributed by atoms with Gasteiger partial charge in [-0.25, -0.2) is 0 Å². The zero-order chi connectivity index (χ0) is 5.28. The molecular weight excluding hydrogens is 190 g/mol. The van der Waals surface area contributed by atoms with Gasteiger partial charge < -0.3 is 0 Å². The predicted molar refractivity (Wildman–Crippen MR) is 38.4 cm³/mol. The first-order chi connectivity index (χ1) is 3.29. The Bertz CT molecular complexity index is 101. The third-order valence-corrected chi connectivity index (χ3v) is 3.72. The van der Waals surface area contributed by atoms with Gasteiger partial charge in [-0.2, -0.15) is 0 Å². The van der Waals surface area contributed by atoms with E-state index in [2.05, 4.69) is 19.9 Å². The molecule has 1 heterocycles. The summed E-state index contributed by atoms with van der Waals surface area (Å²) in [6.07, 6.45) is 2.29. The standard InChI is InChI=1S/C5H8S2.Zn/c1-4-3-5(2)7-6-4;/h3-4H,1-2H3;. The smallest absolute Gasteiger partial charge is 0.0316 e. The van der Waals surface area contributed by atoms with Crippen LogP contribution >= 0.6 is 21.6 Å². The zero-order valence-electron chi connectivity index (χ0n) is 5.18. The third-order valence-electron chi connectivity index (χ3n) is 0.801. The van der Waals surface area contributed by atoms with Crippen molar-refractivity contribution < 1.29 is 19.5 Å². The Hall–Kier alpha value is 1.06. The van der Waals surface area contributed by atoms with E-state index in [4.69, 9.17) is 0 Å². The van der Waals surface area contributed by atoms with Crippen LogP contribution in [0.4, 0.5) is 0 Å². The van der Waals surface area contributed by atoms with Gasteiger partial charge in [-0.05, 0) is 18.8 Å². The van der Waals surface area contributed by atoms with Gasteiger partial charge in [0.05, 0.1) is 0 Å². The van der Waals surface area contributed by atoms with Crippen molar-refractivity contribution in [1.29, 1.82) is 0 Å². The summed E-state index contributed by atoms with van der Waals surface area (Å²) in [5, 5.41) is 0.741. The molecule has 0 aromatic rings. The molecule has 0 aliphatic carbocycles. The molecule has 0 aromatic heterocycles. The molecule has 0 nitrogen and oxygen atoms in total. The SMILES string of the molecule is CC1=CC(C)SS1.[Zn]. The minimum atomic E-state index is 0. The number of rotatable bonds is 0. The summed E-state index contributed by atoms with van der Waals surface area (Å²) in [6.45, 7) is 4.37. The molecule has 0 N–H and O–H groups in total. The Labute approximate surface area is 71.0 Å². The second-order valence-corrected chi connectivity index (χ2v) is 4.49. The molecule has 0 bridgehead atoms. The van der Waals surface area contributed by atoms with Crippen molar-refractivity contribution in [2.75, 3.05) is 0 Å². The average Bonchev–Trinajstić information content (AvgIpc) is 1.87. The van der Waals surface area contributed by atoms with E-state index in [1.165, 1.54) is 4.91 Å². The fraction of sp³-hybridized carbons (Fsp3) is 0.600. The van der Waals surface area contributed by atoms with Crippen molar-refractivity contribution >= 4 is 21.6 Å². The van der Waals surface area contributed by atoms with Gasteiger partial charge >= 0.3 is 0 Å². The molecule has 1 unspecified atom stereocenters. The van der Waals surface area contributed by atoms with Crippen LogP contribution in [0.2, 0.25) is 0 Å². The first-order valence-electron chi connectivity index (χ1n) is 2.31. The van der Waals surface area contributed by atoms with E-state index < -0.39 is 0 Å². The van der Waals surface area contributed by atoms with E-state index in [-0.39, 0.29) is 19.5 Å². The van der Waals surface area contributed by atoms with Crippen LogP contribution in [-0.2, 0) is 19.5 Å². The molecule has 1 aliphatic heterocycles. The minimum absolute atomic E-state index is 0. The van der Waals surface area contributed by atoms with Gasteiger partial charge in [-0.3, -0.25) is 0 Å². The van der Waals surface area contributed by atoms with Crippen LogP contribution in [0.3, 0.4) is 0 Å². The molecule has 1 atom stereocenters. The van der Waals surface area contributed by atoms with Gasteiger partial charge in [-0.15, -0.1) is 0 Å². The second kappa shape index (κ2) is 3.97. The largest absolute Gasteiger partial charge is 0.0819 e. The van der Waals surface area contributed by atoms with Gasteiger partial charge in [0.2, 0.25) is 0 Å². The Kier molecular flexibility index (Phi) is 4.50. The van der Waals surface area contributed by atoms with Crippen LogP contribution in [0, 0.1) is 0 Å². The first kappa shape index (κ1) is 9.06. The Balaban J connectivity index is 0.000000490. The Morgan fingerprint density at radius 1 is 1.62 bits per heavy atom. The van der Waals surface area contributed by atoms with E-state index in [9.17, 15) is 0 Å². The molecule has 0 saturated carbocycles. The summed E-state index contributed by atoms with van der Waals surface area (Å²) in [5.74, 6) is 0. The normalized spacial score (nSPS) is 26.8. The van der Waals surface area contributed by atoms with Gasteiger partial charge in [0.15, 0.2) is 0 Å². The third kappa shape index (κ3) is 2.56. The second-order valence-electron chi connectivity index (χ2n) is 1.66. The van der Waals surface area contributed by atoms with Crippen LogP contribution < -0.4 is 0 Å². The van der Waals surface area contributed by atoms with E-state index in [0.717, 1.165) is 5.25 Å². The number of allylic oxidation sites excluding steroid dienone is 1. The molecule has 42 valence electrons. The first-order valence-corrected chi connectivity index (χ1v) is 4.52. The van der Waals surface area contributed by atoms with Crippen LogP contribution in [0.15, 0.2) is 11.0 Å². The average molecular weight is 198 g/mol. The fourth-order valence-electron chi connectivity index (χ4n) is 0.538. The monoisotopic (exact) mass is 196 g/mol. The molecule has 0 saturated heterocycles. The van der Waals surface area contributed by atoms with E-state index in [1.807, 2.05) is 21.6 Å². The summed E-state index contributed by atoms with van der Waals surface area (Å²) in [7, 11) is 3.81. The predicted octanol–water partition coefficient (Wildman–Crippen LogP) is 2.67. The molecule has 1 rings (SSSR count). The topological polar surface area (TPSA) is 0 Å². The number of hydrogen-bond donors (Lipinski definition) is 0. The Morgan fingerprint density at radius 3 is 2.38 bits per heavy atom. The summed E-state index contributed by atoms with van der Waals surface area (Å²) < 4.78 is 0. The van der Waals surface area contributed by atoms with E-state index >= 15 is 0 Å². The molecule has 8 heavy (non-hydrogen) atoms. The maximum Gasteiger partial charge on any atom is 0.0316 e. The van der Waals surface area contributed by atoms with Crippen molar-refractivity contribution in [3.05, 3.63) is 11.0 Å². The molecule has 0 radical (unpaired) electrons. The van der Waals surface area contributed by atoms with Gasteiger partial charge in [0.25, 0.3) is 0 Å². The molecule has 0 aromatic carbocycles. The molecule has 0 amide bonds. The van der Waals surface area contributed by atoms with Crippen LogP contribution in [0.1, 0.15) is 13.8 Å². The molecule has 0 spiro atoms. The van der Waals surface area contributed by atoms with Gasteiger partial charge in [0, 0.05) is 24.7 Å². The zero-order valence-corrected chi connectivity index (χ0v) is 9.78. The summed E-state index contributed by atoms with van der Waals surface area (Å²) in [6, 6.07) is 0. The number of hydrogen-bond acceptors (Lipinski definition) is 2. The molecule has 1 aliphatic rings. The minimum Gasteiger partial charge on any atom is -0.0819 e.